The summed E-state index contributed by atoms with van der Waals surface area (Å²) in [6.45, 7) is 9.90. The van der Waals surface area contributed by atoms with Crippen molar-refractivity contribution in [1.29, 1.82) is 0 Å². The second kappa shape index (κ2) is 6.19. The van der Waals surface area contributed by atoms with Gasteiger partial charge in [-0.3, -0.25) is 0 Å². The smallest absolute Gasteiger partial charge is 0.126 e. The summed E-state index contributed by atoms with van der Waals surface area (Å²) >= 11 is 0. The topological polar surface area (TPSA) is 28.2 Å². The maximum Gasteiger partial charge on any atom is 0.126 e. The predicted molar refractivity (Wildman–Crippen MR) is 79.2 cm³/mol. The second-order valence-corrected chi connectivity index (χ2v) is 6.32. The molecular formula is C15H27N3. The van der Waals surface area contributed by atoms with Gasteiger partial charge in [0.25, 0.3) is 0 Å². The molecule has 0 radical (unpaired) electrons. The summed E-state index contributed by atoms with van der Waals surface area (Å²) in [6.07, 6.45) is 3.09. The van der Waals surface area contributed by atoms with Crippen molar-refractivity contribution in [3.63, 3.8) is 0 Å². The van der Waals surface area contributed by atoms with Gasteiger partial charge in [0, 0.05) is 12.2 Å². The highest BCUT2D eigenvalue weighted by Gasteiger charge is 2.13. The van der Waals surface area contributed by atoms with Crippen LogP contribution in [0.5, 0.6) is 0 Å². The average Bonchev–Trinajstić information content (AvgIpc) is 2.26. The SMILES string of the molecule is CC(CCN(C)C)Nc1ccc(C(C)(C)C)cn1. The molecule has 18 heavy (non-hydrogen) atoms. The molecular weight excluding hydrogens is 222 g/mol. The minimum Gasteiger partial charge on any atom is -0.368 e. The summed E-state index contributed by atoms with van der Waals surface area (Å²) in [5.41, 5.74) is 1.44. The third-order valence-electron chi connectivity index (χ3n) is 3.03. The van der Waals surface area contributed by atoms with Crippen molar-refractivity contribution >= 4 is 5.82 Å². The Labute approximate surface area is 112 Å². The van der Waals surface area contributed by atoms with Crippen LogP contribution in [0.2, 0.25) is 0 Å². The highest BCUT2D eigenvalue weighted by atomic mass is 15.1. The highest BCUT2D eigenvalue weighted by Crippen LogP contribution is 2.22. The molecule has 0 aliphatic rings. The number of pyridine rings is 1. The second-order valence-electron chi connectivity index (χ2n) is 6.32. The first-order valence-electron chi connectivity index (χ1n) is 6.67. The lowest BCUT2D eigenvalue weighted by atomic mass is 9.88. The lowest BCUT2D eigenvalue weighted by Gasteiger charge is -2.20. The molecule has 0 aromatic carbocycles. The van der Waals surface area contributed by atoms with E-state index in [1.54, 1.807) is 0 Å². The molecule has 0 aliphatic carbocycles. The number of aromatic nitrogens is 1. The van der Waals surface area contributed by atoms with E-state index in [2.05, 4.69) is 69.1 Å². The van der Waals surface area contributed by atoms with Crippen LogP contribution < -0.4 is 5.32 Å². The molecule has 0 fully saturated rings. The Hall–Kier alpha value is -1.09. The molecule has 0 spiro atoms. The number of hydrogen-bond donors (Lipinski definition) is 1. The number of anilines is 1. The predicted octanol–water partition coefficient (Wildman–Crippen LogP) is 3.13. The van der Waals surface area contributed by atoms with E-state index in [0.717, 1.165) is 18.8 Å². The maximum atomic E-state index is 4.49. The molecule has 1 rings (SSSR count). The minimum absolute atomic E-state index is 0.169. The van der Waals surface area contributed by atoms with Crippen LogP contribution in [-0.4, -0.2) is 36.6 Å². The molecule has 1 aromatic heterocycles. The highest BCUT2D eigenvalue weighted by molar-refractivity contribution is 5.37. The third kappa shape index (κ3) is 5.05. The fourth-order valence-electron chi connectivity index (χ4n) is 1.70. The molecule has 1 heterocycles. The third-order valence-corrected chi connectivity index (χ3v) is 3.03. The number of hydrogen-bond acceptors (Lipinski definition) is 3. The van der Waals surface area contributed by atoms with Gasteiger partial charge in [0.15, 0.2) is 0 Å². The van der Waals surface area contributed by atoms with Gasteiger partial charge < -0.3 is 10.2 Å². The van der Waals surface area contributed by atoms with Gasteiger partial charge in [-0.2, -0.15) is 0 Å². The van der Waals surface area contributed by atoms with Crippen LogP contribution in [0.3, 0.4) is 0 Å². The Kier molecular flexibility index (Phi) is 5.15. The number of nitrogens with zero attached hydrogens (tertiary/aromatic N) is 2. The van der Waals surface area contributed by atoms with Gasteiger partial charge in [0.2, 0.25) is 0 Å². The van der Waals surface area contributed by atoms with Gasteiger partial charge >= 0.3 is 0 Å². The van der Waals surface area contributed by atoms with Crippen molar-refractivity contribution in [3.05, 3.63) is 23.9 Å². The zero-order valence-electron chi connectivity index (χ0n) is 12.6. The Balaban J connectivity index is 2.53. The first kappa shape index (κ1) is 15.0. The molecule has 3 heteroatoms. The van der Waals surface area contributed by atoms with Crippen molar-refractivity contribution in [2.75, 3.05) is 26.0 Å². The maximum absolute atomic E-state index is 4.49. The van der Waals surface area contributed by atoms with Gasteiger partial charge in [-0.15, -0.1) is 0 Å². The Morgan fingerprint density at radius 1 is 1.28 bits per heavy atom. The van der Waals surface area contributed by atoms with Gasteiger partial charge in [-0.25, -0.2) is 4.98 Å². The zero-order valence-corrected chi connectivity index (χ0v) is 12.6. The monoisotopic (exact) mass is 249 g/mol. The fraction of sp³-hybridized carbons (Fsp3) is 0.667. The van der Waals surface area contributed by atoms with Crippen LogP contribution in [0.15, 0.2) is 18.3 Å². The standard InChI is InChI=1S/C15H27N3/c1-12(9-10-18(5)6)17-14-8-7-13(11-16-14)15(2,3)4/h7-8,11-12H,9-10H2,1-6H3,(H,16,17). The van der Waals surface area contributed by atoms with Crippen molar-refractivity contribution in [2.24, 2.45) is 0 Å². The Morgan fingerprint density at radius 2 is 1.94 bits per heavy atom. The van der Waals surface area contributed by atoms with E-state index in [1.165, 1.54) is 5.56 Å². The van der Waals surface area contributed by atoms with Gasteiger partial charge in [0.05, 0.1) is 0 Å². The normalized spacial score (nSPS) is 13.7. The molecule has 3 nitrogen and oxygen atoms in total. The van der Waals surface area contributed by atoms with E-state index in [0.29, 0.717) is 6.04 Å². The van der Waals surface area contributed by atoms with Crippen molar-refractivity contribution in [2.45, 2.75) is 45.6 Å². The van der Waals surface area contributed by atoms with E-state index in [-0.39, 0.29) is 5.41 Å². The van der Waals surface area contributed by atoms with Crippen LogP contribution in [-0.2, 0) is 5.41 Å². The van der Waals surface area contributed by atoms with Crippen LogP contribution in [0.25, 0.3) is 0 Å². The number of rotatable bonds is 5. The van der Waals surface area contributed by atoms with Crippen molar-refractivity contribution < 1.29 is 0 Å². The summed E-state index contributed by atoms with van der Waals surface area (Å²) in [4.78, 5) is 6.69. The van der Waals surface area contributed by atoms with Crippen LogP contribution in [0.4, 0.5) is 5.82 Å². The number of nitrogens with one attached hydrogen (secondary N) is 1. The van der Waals surface area contributed by atoms with Crippen LogP contribution in [0, 0.1) is 0 Å². The first-order chi connectivity index (χ1) is 8.29. The summed E-state index contributed by atoms with van der Waals surface area (Å²) in [7, 11) is 4.20. The molecule has 0 saturated heterocycles. The van der Waals surface area contributed by atoms with Crippen LogP contribution in [0.1, 0.15) is 39.7 Å². The molecule has 1 aromatic rings. The summed E-state index contributed by atoms with van der Waals surface area (Å²) in [5.74, 6) is 0.967. The molecule has 1 unspecified atom stereocenters. The van der Waals surface area contributed by atoms with E-state index >= 15 is 0 Å². The largest absolute Gasteiger partial charge is 0.368 e. The zero-order chi connectivity index (χ0) is 13.8. The Morgan fingerprint density at radius 3 is 2.39 bits per heavy atom. The molecule has 0 bridgehead atoms. The average molecular weight is 249 g/mol. The molecule has 0 aliphatic heterocycles. The van der Waals surface area contributed by atoms with E-state index in [4.69, 9.17) is 0 Å². The Bertz CT molecular complexity index is 349. The summed E-state index contributed by atoms with van der Waals surface area (Å²) in [6, 6.07) is 4.68. The first-order valence-corrected chi connectivity index (χ1v) is 6.67. The lowest BCUT2D eigenvalue weighted by molar-refractivity contribution is 0.390. The molecule has 1 N–H and O–H groups in total. The fourth-order valence-corrected chi connectivity index (χ4v) is 1.70. The van der Waals surface area contributed by atoms with Crippen molar-refractivity contribution in [3.8, 4) is 0 Å². The van der Waals surface area contributed by atoms with E-state index in [9.17, 15) is 0 Å². The molecule has 102 valence electrons. The molecule has 0 amide bonds. The quantitative estimate of drug-likeness (QED) is 0.869. The van der Waals surface area contributed by atoms with Crippen molar-refractivity contribution in [1.82, 2.24) is 9.88 Å². The van der Waals surface area contributed by atoms with E-state index < -0.39 is 0 Å². The van der Waals surface area contributed by atoms with Gasteiger partial charge in [-0.1, -0.05) is 26.8 Å². The van der Waals surface area contributed by atoms with E-state index in [1.807, 2.05) is 6.20 Å². The molecule has 0 saturated carbocycles. The van der Waals surface area contributed by atoms with Gasteiger partial charge in [0.1, 0.15) is 5.82 Å². The van der Waals surface area contributed by atoms with Crippen LogP contribution >= 0.6 is 0 Å². The summed E-state index contributed by atoms with van der Waals surface area (Å²) in [5, 5.41) is 3.44. The lowest BCUT2D eigenvalue weighted by Crippen LogP contribution is -2.23. The summed E-state index contributed by atoms with van der Waals surface area (Å²) < 4.78 is 0. The van der Waals surface area contributed by atoms with Gasteiger partial charge in [-0.05, 0) is 51.0 Å². The minimum atomic E-state index is 0.169. The molecule has 1 atom stereocenters.